The van der Waals surface area contributed by atoms with Gasteiger partial charge in [0.1, 0.15) is 12.1 Å². The van der Waals surface area contributed by atoms with E-state index in [-0.39, 0.29) is 37.1 Å². The first-order valence-electron chi connectivity index (χ1n) is 15.5. The minimum atomic E-state index is -0.935. The molecule has 0 fully saturated rings. The maximum absolute atomic E-state index is 12.7. The van der Waals surface area contributed by atoms with Crippen LogP contribution in [0.1, 0.15) is 110 Å². The van der Waals surface area contributed by atoms with Crippen molar-refractivity contribution in [2.45, 2.75) is 128 Å². The lowest BCUT2D eigenvalue weighted by Gasteiger charge is -2.19. The lowest BCUT2D eigenvalue weighted by atomic mass is 10.1. The van der Waals surface area contributed by atoms with E-state index in [1.807, 2.05) is 0 Å². The van der Waals surface area contributed by atoms with Crippen LogP contribution in [0.5, 0.6) is 0 Å². The molecule has 0 aliphatic rings. The zero-order chi connectivity index (χ0) is 30.9. The van der Waals surface area contributed by atoms with Crippen LogP contribution < -0.4 is 38.1 Å². The molecule has 41 heavy (non-hydrogen) atoms. The van der Waals surface area contributed by atoms with Gasteiger partial charge in [-0.1, -0.05) is 64.7 Å². The number of carbonyl (C=O) groups excluding carboxylic acids is 5. The van der Waals surface area contributed by atoms with Gasteiger partial charge in [-0.15, -0.1) is 0 Å². The number of hydrogen-bond acceptors (Lipinski definition) is 7. The van der Waals surface area contributed by atoms with Gasteiger partial charge in [0.05, 0.1) is 12.6 Å². The van der Waals surface area contributed by atoms with Crippen molar-refractivity contribution in [3.63, 3.8) is 0 Å². The highest BCUT2D eigenvalue weighted by Gasteiger charge is 2.22. The lowest BCUT2D eigenvalue weighted by Crippen LogP contribution is -2.50. The molecule has 9 N–H and O–H groups in total. The Morgan fingerprint density at radius 3 is 1.78 bits per heavy atom. The molecular weight excluding hydrogens is 526 g/mol. The Hall–Kier alpha value is -2.73. The third kappa shape index (κ3) is 20.7. The maximum atomic E-state index is 12.7. The van der Waals surface area contributed by atoms with Crippen molar-refractivity contribution in [2.24, 2.45) is 11.5 Å². The molecule has 0 unspecified atom stereocenters. The number of hydrogen-bond donors (Lipinski definition) is 7. The van der Waals surface area contributed by atoms with Crippen LogP contribution in [0.15, 0.2) is 0 Å². The summed E-state index contributed by atoms with van der Waals surface area (Å²) < 4.78 is 0. The topological polar surface area (TPSA) is 198 Å². The van der Waals surface area contributed by atoms with Gasteiger partial charge in [0, 0.05) is 19.5 Å². The Morgan fingerprint density at radius 1 is 0.659 bits per heavy atom. The standard InChI is InChI=1S/C29H57N7O5/c1-4-5-6-7-8-9-10-11-12-14-20-34-29(41)24(35-26(38)21-30)16-13-15-19-33-25(37)18-17-23(27(31)39)36-28(40)22(2)32-3/h22-24,32H,4-21,30H2,1-3H3,(H2,31,39)(H,33,37)(H,34,41)(H,35,38)(H,36,40)/t22-,23+,24-/m0/s1. The molecule has 12 heteroatoms. The van der Waals surface area contributed by atoms with Crippen LogP contribution in [0.3, 0.4) is 0 Å². The van der Waals surface area contributed by atoms with Crippen LogP contribution in [0.2, 0.25) is 0 Å². The van der Waals surface area contributed by atoms with E-state index in [2.05, 4.69) is 33.5 Å². The molecule has 0 radical (unpaired) electrons. The van der Waals surface area contributed by atoms with Gasteiger partial charge in [-0.05, 0) is 46.1 Å². The fraction of sp³-hybridized carbons (Fsp3) is 0.828. The summed E-state index contributed by atoms with van der Waals surface area (Å²) in [5.41, 5.74) is 10.8. The van der Waals surface area contributed by atoms with E-state index >= 15 is 0 Å². The fourth-order valence-corrected chi connectivity index (χ4v) is 4.25. The number of nitrogens with two attached hydrogens (primary N) is 2. The molecule has 5 amide bonds. The van der Waals surface area contributed by atoms with Gasteiger partial charge in [0.2, 0.25) is 29.5 Å². The van der Waals surface area contributed by atoms with E-state index in [1.165, 1.54) is 44.9 Å². The highest BCUT2D eigenvalue weighted by Crippen LogP contribution is 2.10. The van der Waals surface area contributed by atoms with Gasteiger partial charge in [0.25, 0.3) is 0 Å². The monoisotopic (exact) mass is 583 g/mol. The Bertz CT molecular complexity index is 766. The average molecular weight is 584 g/mol. The zero-order valence-corrected chi connectivity index (χ0v) is 25.7. The largest absolute Gasteiger partial charge is 0.368 e. The highest BCUT2D eigenvalue weighted by molar-refractivity contribution is 5.89. The molecule has 0 aromatic heterocycles. The Labute approximate surface area is 246 Å². The summed E-state index contributed by atoms with van der Waals surface area (Å²) >= 11 is 0. The lowest BCUT2D eigenvalue weighted by molar-refractivity contribution is -0.129. The summed E-state index contributed by atoms with van der Waals surface area (Å²) in [4.78, 5) is 60.3. The number of likely N-dealkylation sites (N-methyl/N-ethyl adjacent to an activating group) is 1. The van der Waals surface area contributed by atoms with E-state index in [0.29, 0.717) is 32.4 Å². The van der Waals surface area contributed by atoms with E-state index < -0.39 is 29.9 Å². The molecule has 0 aromatic carbocycles. The summed E-state index contributed by atoms with van der Waals surface area (Å²) in [7, 11) is 1.62. The zero-order valence-electron chi connectivity index (χ0n) is 25.7. The Kier molecular flexibility index (Phi) is 23.4. The quantitative estimate of drug-likeness (QED) is 0.0740. The van der Waals surface area contributed by atoms with E-state index in [1.54, 1.807) is 14.0 Å². The van der Waals surface area contributed by atoms with Crippen molar-refractivity contribution in [1.29, 1.82) is 0 Å². The minimum Gasteiger partial charge on any atom is -0.368 e. The highest BCUT2D eigenvalue weighted by atomic mass is 16.2. The Balaban J connectivity index is 4.26. The summed E-state index contributed by atoms with van der Waals surface area (Å²) in [6.45, 7) is 4.62. The van der Waals surface area contributed by atoms with Crippen LogP contribution in [-0.2, 0) is 24.0 Å². The smallest absolute Gasteiger partial charge is 0.242 e. The molecule has 12 nitrogen and oxygen atoms in total. The van der Waals surface area contributed by atoms with Crippen LogP contribution in [0, 0.1) is 0 Å². The predicted molar refractivity (Wildman–Crippen MR) is 162 cm³/mol. The van der Waals surface area contributed by atoms with Gasteiger partial charge in [-0.3, -0.25) is 24.0 Å². The normalized spacial score (nSPS) is 13.1. The second-order valence-electron chi connectivity index (χ2n) is 10.7. The third-order valence-corrected chi connectivity index (χ3v) is 7.05. The molecule has 0 heterocycles. The molecular formula is C29H57N7O5. The molecule has 0 aliphatic heterocycles. The van der Waals surface area contributed by atoms with Crippen molar-refractivity contribution >= 4 is 29.5 Å². The second kappa shape index (κ2) is 25.0. The molecule has 0 aliphatic carbocycles. The van der Waals surface area contributed by atoms with Gasteiger partial charge >= 0.3 is 0 Å². The fourth-order valence-electron chi connectivity index (χ4n) is 4.25. The summed E-state index contributed by atoms with van der Waals surface area (Å²) in [5.74, 6) is -1.96. The molecule has 0 rings (SSSR count). The van der Waals surface area contributed by atoms with Crippen LogP contribution in [-0.4, -0.2) is 74.3 Å². The van der Waals surface area contributed by atoms with Crippen LogP contribution in [0.4, 0.5) is 0 Å². The van der Waals surface area contributed by atoms with Crippen molar-refractivity contribution in [3.05, 3.63) is 0 Å². The first-order valence-corrected chi connectivity index (χ1v) is 15.5. The molecule has 0 saturated heterocycles. The van der Waals surface area contributed by atoms with Gasteiger partial charge < -0.3 is 38.1 Å². The third-order valence-electron chi connectivity index (χ3n) is 7.05. The van der Waals surface area contributed by atoms with Crippen molar-refractivity contribution < 1.29 is 24.0 Å². The van der Waals surface area contributed by atoms with Crippen LogP contribution in [0.25, 0.3) is 0 Å². The number of primary amides is 1. The molecule has 0 spiro atoms. The number of amides is 5. The van der Waals surface area contributed by atoms with Crippen LogP contribution >= 0.6 is 0 Å². The Morgan fingerprint density at radius 2 is 1.22 bits per heavy atom. The first kappa shape index (κ1) is 38.3. The van der Waals surface area contributed by atoms with E-state index in [0.717, 1.165) is 19.3 Å². The summed E-state index contributed by atoms with van der Waals surface area (Å²) in [6.07, 6.45) is 13.9. The first-order chi connectivity index (χ1) is 19.7. The van der Waals surface area contributed by atoms with E-state index in [9.17, 15) is 24.0 Å². The number of rotatable bonds is 26. The minimum absolute atomic E-state index is 0.0262. The average Bonchev–Trinajstić information content (AvgIpc) is 2.95. The van der Waals surface area contributed by atoms with Crippen molar-refractivity contribution in [1.82, 2.24) is 26.6 Å². The maximum Gasteiger partial charge on any atom is 0.242 e. The SMILES string of the molecule is CCCCCCCCCCCCNC(=O)[C@H](CCCCNC(=O)CC[C@@H](NC(=O)[C@H](C)NC)C(N)=O)NC(=O)CN. The molecule has 3 atom stereocenters. The van der Waals surface area contributed by atoms with E-state index in [4.69, 9.17) is 11.5 Å². The molecule has 238 valence electrons. The number of unbranched alkanes of at least 4 members (excludes halogenated alkanes) is 10. The van der Waals surface area contributed by atoms with Gasteiger partial charge in [0.15, 0.2) is 0 Å². The van der Waals surface area contributed by atoms with Gasteiger partial charge in [-0.2, -0.15) is 0 Å². The molecule has 0 aromatic rings. The summed E-state index contributed by atoms with van der Waals surface area (Å²) in [6, 6.07) is -2.11. The number of carbonyl (C=O) groups is 5. The van der Waals surface area contributed by atoms with Crippen molar-refractivity contribution in [3.8, 4) is 0 Å². The predicted octanol–water partition coefficient (Wildman–Crippen LogP) is 1.11. The molecule has 0 saturated carbocycles. The summed E-state index contributed by atoms with van der Waals surface area (Å²) in [5, 5.41) is 13.7. The van der Waals surface area contributed by atoms with Crippen molar-refractivity contribution in [2.75, 3.05) is 26.7 Å². The molecule has 0 bridgehead atoms. The van der Waals surface area contributed by atoms with Gasteiger partial charge in [-0.25, -0.2) is 0 Å². The second-order valence-corrected chi connectivity index (χ2v) is 10.7. The number of nitrogens with one attached hydrogen (secondary N) is 5.